The number of ether oxygens (including phenoxy) is 1. The zero-order valence-corrected chi connectivity index (χ0v) is 19.5. The van der Waals surface area contributed by atoms with Crippen LogP contribution in [0.25, 0.3) is 0 Å². The Bertz CT molecular complexity index is 1110. The number of hydrogen-bond donors (Lipinski definition) is 1. The van der Waals surface area contributed by atoms with E-state index in [9.17, 15) is 18.0 Å². The lowest BCUT2D eigenvalue weighted by molar-refractivity contribution is -0.121. The van der Waals surface area contributed by atoms with Crippen LogP contribution >= 0.6 is 0 Å². The van der Waals surface area contributed by atoms with E-state index < -0.39 is 10.0 Å². The van der Waals surface area contributed by atoms with Crippen LogP contribution in [0.15, 0.2) is 53.4 Å². The molecule has 1 N–H and O–H groups in total. The van der Waals surface area contributed by atoms with Crippen molar-refractivity contribution in [1.82, 2.24) is 4.31 Å². The maximum Gasteiger partial charge on any atom is 0.243 e. The third kappa shape index (κ3) is 5.04. The minimum absolute atomic E-state index is 0.0647. The Morgan fingerprint density at radius 2 is 1.76 bits per heavy atom. The molecule has 2 aliphatic heterocycles. The lowest BCUT2D eigenvalue weighted by Crippen LogP contribution is -2.41. The summed E-state index contributed by atoms with van der Waals surface area (Å²) >= 11 is 0. The Morgan fingerprint density at radius 1 is 1.06 bits per heavy atom. The smallest absolute Gasteiger partial charge is 0.243 e. The first-order valence-corrected chi connectivity index (χ1v) is 12.8. The van der Waals surface area contributed by atoms with E-state index in [2.05, 4.69) is 5.32 Å². The van der Waals surface area contributed by atoms with Crippen LogP contribution in [0.4, 0.5) is 11.4 Å². The van der Waals surface area contributed by atoms with Gasteiger partial charge < -0.3 is 15.0 Å². The molecule has 0 bridgehead atoms. The van der Waals surface area contributed by atoms with E-state index in [1.54, 1.807) is 41.3 Å². The van der Waals surface area contributed by atoms with E-state index in [4.69, 9.17) is 4.74 Å². The van der Waals surface area contributed by atoms with Gasteiger partial charge in [0.25, 0.3) is 0 Å². The quantitative estimate of drug-likeness (QED) is 0.669. The number of piperidine rings is 1. The second-order valence-corrected chi connectivity index (χ2v) is 10.2. The molecule has 0 unspecified atom stereocenters. The van der Waals surface area contributed by atoms with E-state index >= 15 is 0 Å². The molecule has 0 radical (unpaired) electrons. The van der Waals surface area contributed by atoms with Crippen molar-refractivity contribution in [1.29, 1.82) is 0 Å². The third-order valence-electron chi connectivity index (χ3n) is 6.13. The number of para-hydroxylation sites is 2. The summed E-state index contributed by atoms with van der Waals surface area (Å²) in [7, 11) is -3.66. The van der Waals surface area contributed by atoms with Crippen molar-refractivity contribution >= 4 is 33.2 Å². The summed E-state index contributed by atoms with van der Waals surface area (Å²) in [6.45, 7) is 3.60. The molecule has 2 aromatic carbocycles. The van der Waals surface area contributed by atoms with E-state index in [1.165, 1.54) is 4.31 Å². The number of nitrogens with one attached hydrogen (secondary N) is 1. The van der Waals surface area contributed by atoms with Gasteiger partial charge in [0.1, 0.15) is 5.75 Å². The number of benzene rings is 2. The van der Waals surface area contributed by atoms with Gasteiger partial charge >= 0.3 is 0 Å². The fraction of sp³-hybridized carbons (Fsp3) is 0.417. The van der Waals surface area contributed by atoms with Crippen LogP contribution in [-0.4, -0.2) is 50.8 Å². The maximum atomic E-state index is 13.1. The summed E-state index contributed by atoms with van der Waals surface area (Å²) in [5, 5.41) is 2.92. The van der Waals surface area contributed by atoms with Gasteiger partial charge in [0.15, 0.2) is 0 Å². The number of sulfonamides is 1. The van der Waals surface area contributed by atoms with Crippen molar-refractivity contribution < 1.29 is 22.7 Å². The molecule has 33 heavy (non-hydrogen) atoms. The Kier molecular flexibility index (Phi) is 6.99. The number of carbonyl (C=O) groups is 2. The molecular weight excluding hydrogens is 442 g/mol. The Morgan fingerprint density at radius 3 is 2.39 bits per heavy atom. The fourth-order valence-electron chi connectivity index (χ4n) is 4.31. The molecule has 2 aliphatic rings. The highest BCUT2D eigenvalue weighted by Crippen LogP contribution is 2.29. The van der Waals surface area contributed by atoms with Gasteiger partial charge in [0.2, 0.25) is 21.8 Å². The number of carbonyl (C=O) groups excluding carboxylic acids is 2. The molecule has 2 amide bonds. The van der Waals surface area contributed by atoms with Crippen LogP contribution in [0, 0.1) is 5.92 Å². The Labute approximate surface area is 194 Å². The summed E-state index contributed by atoms with van der Waals surface area (Å²) < 4.78 is 33.2. The van der Waals surface area contributed by atoms with Gasteiger partial charge in [0.05, 0.1) is 17.2 Å². The number of hydrogen-bond acceptors (Lipinski definition) is 5. The van der Waals surface area contributed by atoms with Crippen molar-refractivity contribution in [3.05, 3.63) is 48.5 Å². The predicted octanol–water partition coefficient (Wildman–Crippen LogP) is 3.25. The van der Waals surface area contributed by atoms with Crippen molar-refractivity contribution in [2.75, 3.05) is 36.5 Å². The molecule has 2 heterocycles. The van der Waals surface area contributed by atoms with Gasteiger partial charge in [0, 0.05) is 37.7 Å². The molecule has 0 spiro atoms. The normalized spacial score (nSPS) is 17.8. The largest absolute Gasteiger partial charge is 0.492 e. The highest BCUT2D eigenvalue weighted by atomic mass is 32.2. The van der Waals surface area contributed by atoms with Gasteiger partial charge in [-0.3, -0.25) is 9.59 Å². The van der Waals surface area contributed by atoms with Gasteiger partial charge in [-0.25, -0.2) is 8.42 Å². The number of amides is 2. The van der Waals surface area contributed by atoms with Crippen molar-refractivity contribution in [3.63, 3.8) is 0 Å². The minimum atomic E-state index is -3.66. The molecule has 9 heteroatoms. The predicted molar refractivity (Wildman–Crippen MR) is 126 cm³/mol. The molecular formula is C24H29N3O5S. The van der Waals surface area contributed by atoms with E-state index in [0.717, 1.165) is 12.1 Å². The maximum absolute atomic E-state index is 13.1. The zero-order valence-electron chi connectivity index (χ0n) is 18.7. The highest BCUT2D eigenvalue weighted by molar-refractivity contribution is 7.89. The van der Waals surface area contributed by atoms with Crippen molar-refractivity contribution in [2.45, 2.75) is 37.5 Å². The summed E-state index contributed by atoms with van der Waals surface area (Å²) in [5.74, 6) is 0.288. The molecule has 8 nitrogen and oxygen atoms in total. The third-order valence-corrected chi connectivity index (χ3v) is 8.04. The van der Waals surface area contributed by atoms with Gasteiger partial charge in [-0.15, -0.1) is 0 Å². The first kappa shape index (κ1) is 23.3. The molecule has 0 atom stereocenters. The number of nitrogens with zero attached hydrogens (tertiary/aromatic N) is 2. The average molecular weight is 472 g/mol. The standard InChI is InChI=1S/C24H29N3O5S/c1-2-32-22-7-4-3-6-21(22)25-24(29)18-13-16-26(17-14-18)33(30,31)20-11-9-19(10-12-20)27-15-5-8-23(27)28/h3-4,6-7,9-12,18H,2,5,8,13-17H2,1H3,(H,25,29). The van der Waals surface area contributed by atoms with Crippen LogP contribution in [0.5, 0.6) is 5.75 Å². The summed E-state index contributed by atoms with van der Waals surface area (Å²) in [4.78, 5) is 26.6. The van der Waals surface area contributed by atoms with E-state index in [-0.39, 0.29) is 35.7 Å². The lowest BCUT2D eigenvalue weighted by Gasteiger charge is -2.30. The number of anilines is 2. The van der Waals surface area contributed by atoms with Gasteiger partial charge in [-0.1, -0.05) is 12.1 Å². The van der Waals surface area contributed by atoms with Crippen molar-refractivity contribution in [2.24, 2.45) is 5.92 Å². The molecule has 0 saturated carbocycles. The van der Waals surface area contributed by atoms with Gasteiger partial charge in [-0.2, -0.15) is 4.31 Å². The zero-order chi connectivity index (χ0) is 23.4. The lowest BCUT2D eigenvalue weighted by atomic mass is 9.97. The van der Waals surface area contributed by atoms with Crippen LogP contribution < -0.4 is 15.0 Å². The average Bonchev–Trinajstić information content (AvgIpc) is 3.26. The second-order valence-electron chi connectivity index (χ2n) is 8.24. The molecule has 2 saturated heterocycles. The van der Waals surface area contributed by atoms with E-state index in [1.807, 2.05) is 19.1 Å². The first-order chi connectivity index (χ1) is 15.9. The second kappa shape index (κ2) is 9.93. The van der Waals surface area contributed by atoms with E-state index in [0.29, 0.717) is 43.9 Å². The van der Waals surface area contributed by atoms with Crippen LogP contribution in [0.2, 0.25) is 0 Å². The molecule has 0 aromatic heterocycles. The first-order valence-electron chi connectivity index (χ1n) is 11.3. The molecule has 4 rings (SSSR count). The highest BCUT2D eigenvalue weighted by Gasteiger charge is 2.32. The Balaban J connectivity index is 1.37. The Hall–Kier alpha value is -2.91. The van der Waals surface area contributed by atoms with Crippen LogP contribution in [0.3, 0.4) is 0 Å². The van der Waals surface area contributed by atoms with Crippen molar-refractivity contribution in [3.8, 4) is 5.75 Å². The summed E-state index contributed by atoms with van der Waals surface area (Å²) in [6.07, 6.45) is 2.24. The molecule has 2 fully saturated rings. The topological polar surface area (TPSA) is 96.0 Å². The summed E-state index contributed by atoms with van der Waals surface area (Å²) in [5.41, 5.74) is 1.34. The van der Waals surface area contributed by atoms with Gasteiger partial charge in [-0.05, 0) is 62.6 Å². The molecule has 2 aromatic rings. The summed E-state index contributed by atoms with van der Waals surface area (Å²) in [6, 6.07) is 13.8. The molecule has 0 aliphatic carbocycles. The minimum Gasteiger partial charge on any atom is -0.492 e. The number of rotatable bonds is 7. The van der Waals surface area contributed by atoms with Crippen LogP contribution in [0.1, 0.15) is 32.6 Å². The SMILES string of the molecule is CCOc1ccccc1NC(=O)C1CCN(S(=O)(=O)c2ccc(N3CCCC3=O)cc2)CC1. The van der Waals surface area contributed by atoms with Crippen LogP contribution in [-0.2, 0) is 19.6 Å². The molecule has 176 valence electrons. The fourth-order valence-corrected chi connectivity index (χ4v) is 5.78. The monoisotopic (exact) mass is 471 g/mol.